The van der Waals surface area contributed by atoms with Gasteiger partial charge in [0.05, 0.1) is 23.9 Å². The zero-order valence-corrected chi connectivity index (χ0v) is 12.4. The molecule has 0 atom stereocenters. The molecule has 100 valence electrons. The third-order valence-electron chi connectivity index (χ3n) is 2.68. The van der Waals surface area contributed by atoms with Crippen molar-refractivity contribution in [2.24, 2.45) is 0 Å². The van der Waals surface area contributed by atoms with Crippen LogP contribution in [0.4, 0.5) is 0 Å². The molecule has 0 bridgehead atoms. The predicted molar refractivity (Wildman–Crippen MR) is 77.2 cm³/mol. The van der Waals surface area contributed by atoms with E-state index in [-0.39, 0.29) is 6.61 Å². The first-order chi connectivity index (χ1) is 9.13. The Hall–Kier alpha value is -1.46. The number of methoxy groups -OCH3 is 1. The van der Waals surface area contributed by atoms with Crippen LogP contribution in [0.2, 0.25) is 0 Å². The number of hydrogen-bond donors (Lipinski definition) is 1. The molecule has 0 aliphatic carbocycles. The van der Waals surface area contributed by atoms with Gasteiger partial charge in [-0.25, -0.2) is 9.97 Å². The fourth-order valence-electron chi connectivity index (χ4n) is 1.82. The largest absolute Gasteiger partial charge is 0.496 e. The summed E-state index contributed by atoms with van der Waals surface area (Å²) >= 11 is 3.46. The Morgan fingerprint density at radius 3 is 2.68 bits per heavy atom. The summed E-state index contributed by atoms with van der Waals surface area (Å²) in [5.74, 6) is 1.44. The molecule has 2 aromatic rings. The summed E-state index contributed by atoms with van der Waals surface area (Å²) in [4.78, 5) is 8.76. The van der Waals surface area contributed by atoms with E-state index in [1.807, 2.05) is 31.2 Å². The summed E-state index contributed by atoms with van der Waals surface area (Å²) in [5.41, 5.74) is 2.72. The highest BCUT2D eigenvalue weighted by Crippen LogP contribution is 2.29. The van der Waals surface area contributed by atoms with Crippen LogP contribution in [0.3, 0.4) is 0 Å². The van der Waals surface area contributed by atoms with E-state index in [0.29, 0.717) is 12.2 Å². The van der Waals surface area contributed by atoms with Crippen molar-refractivity contribution >= 4 is 15.9 Å². The van der Waals surface area contributed by atoms with Crippen LogP contribution in [0.5, 0.6) is 5.75 Å². The Balaban J connectivity index is 2.43. The van der Waals surface area contributed by atoms with E-state index in [1.54, 1.807) is 7.11 Å². The van der Waals surface area contributed by atoms with Gasteiger partial charge in [-0.15, -0.1) is 0 Å². The molecular formula is C14H15BrN2O2. The SMILES string of the molecule is COc1ccc(-c2cc(C)nc(CCO)n2)cc1Br. The minimum atomic E-state index is 0.0508. The molecule has 0 saturated heterocycles. The maximum atomic E-state index is 8.98. The van der Waals surface area contributed by atoms with Gasteiger partial charge in [0.1, 0.15) is 11.6 Å². The lowest BCUT2D eigenvalue weighted by Crippen LogP contribution is -2.01. The van der Waals surface area contributed by atoms with Gasteiger partial charge in [-0.1, -0.05) is 0 Å². The van der Waals surface area contributed by atoms with Gasteiger partial charge in [0.2, 0.25) is 0 Å². The number of hydrogen-bond acceptors (Lipinski definition) is 4. The standard InChI is InChI=1S/C14H15BrN2O2/c1-9-7-12(17-14(16-9)5-6-18)10-3-4-13(19-2)11(15)8-10/h3-4,7-8,18H,5-6H2,1-2H3. The monoisotopic (exact) mass is 322 g/mol. The number of benzene rings is 1. The summed E-state index contributed by atoms with van der Waals surface area (Å²) in [6.45, 7) is 1.97. The Labute approximate surface area is 120 Å². The third kappa shape index (κ3) is 3.30. The maximum absolute atomic E-state index is 8.98. The van der Waals surface area contributed by atoms with Gasteiger partial charge >= 0.3 is 0 Å². The molecule has 1 N–H and O–H groups in total. The molecule has 2 rings (SSSR count). The summed E-state index contributed by atoms with van der Waals surface area (Å²) < 4.78 is 6.09. The van der Waals surface area contributed by atoms with Crippen LogP contribution in [-0.4, -0.2) is 28.8 Å². The van der Waals surface area contributed by atoms with Crippen molar-refractivity contribution in [1.29, 1.82) is 0 Å². The number of rotatable bonds is 4. The van der Waals surface area contributed by atoms with Crippen LogP contribution in [0.15, 0.2) is 28.7 Å². The molecule has 0 fully saturated rings. The molecule has 1 heterocycles. The van der Waals surface area contributed by atoms with Crippen molar-refractivity contribution in [2.75, 3.05) is 13.7 Å². The fraction of sp³-hybridized carbons (Fsp3) is 0.286. The first-order valence-corrected chi connectivity index (χ1v) is 6.72. The van der Waals surface area contributed by atoms with Crippen LogP contribution in [-0.2, 0) is 6.42 Å². The van der Waals surface area contributed by atoms with Crippen molar-refractivity contribution in [3.63, 3.8) is 0 Å². The first kappa shape index (κ1) is 14.0. The van der Waals surface area contributed by atoms with Crippen molar-refractivity contribution in [2.45, 2.75) is 13.3 Å². The van der Waals surface area contributed by atoms with Crippen molar-refractivity contribution in [1.82, 2.24) is 9.97 Å². The van der Waals surface area contributed by atoms with Crippen molar-refractivity contribution in [3.05, 3.63) is 40.3 Å². The van der Waals surface area contributed by atoms with Crippen molar-refractivity contribution in [3.8, 4) is 17.0 Å². The van der Waals surface area contributed by atoms with Crippen LogP contribution in [0.25, 0.3) is 11.3 Å². The lowest BCUT2D eigenvalue weighted by atomic mass is 10.1. The quantitative estimate of drug-likeness (QED) is 0.940. The molecule has 0 aliphatic heterocycles. The molecule has 5 heteroatoms. The smallest absolute Gasteiger partial charge is 0.133 e. The number of aliphatic hydroxyl groups is 1. The Morgan fingerprint density at radius 2 is 2.05 bits per heavy atom. The van der Waals surface area contributed by atoms with E-state index < -0.39 is 0 Å². The summed E-state index contributed by atoms with van der Waals surface area (Å²) in [6.07, 6.45) is 0.464. The average molecular weight is 323 g/mol. The average Bonchev–Trinajstić information content (AvgIpc) is 2.38. The maximum Gasteiger partial charge on any atom is 0.133 e. The summed E-state index contributed by atoms with van der Waals surface area (Å²) in [6, 6.07) is 7.73. The van der Waals surface area contributed by atoms with Crippen LogP contribution < -0.4 is 4.74 Å². The van der Waals surface area contributed by atoms with E-state index in [4.69, 9.17) is 9.84 Å². The number of nitrogens with zero attached hydrogens (tertiary/aromatic N) is 2. The van der Waals surface area contributed by atoms with Gasteiger partial charge in [-0.2, -0.15) is 0 Å². The highest BCUT2D eigenvalue weighted by atomic mass is 79.9. The number of halogens is 1. The molecule has 4 nitrogen and oxygen atoms in total. The highest BCUT2D eigenvalue weighted by molar-refractivity contribution is 9.10. The molecule has 19 heavy (non-hydrogen) atoms. The Morgan fingerprint density at radius 1 is 1.26 bits per heavy atom. The Bertz CT molecular complexity index is 588. The summed E-state index contributed by atoms with van der Waals surface area (Å²) in [5, 5.41) is 8.98. The second kappa shape index (κ2) is 6.12. The molecule has 0 saturated carbocycles. The van der Waals surface area contributed by atoms with E-state index >= 15 is 0 Å². The van der Waals surface area contributed by atoms with Crippen LogP contribution >= 0.6 is 15.9 Å². The molecule has 0 radical (unpaired) electrons. The minimum Gasteiger partial charge on any atom is -0.496 e. The zero-order chi connectivity index (χ0) is 13.8. The second-order valence-corrected chi connectivity index (χ2v) is 4.99. The van der Waals surface area contributed by atoms with Crippen LogP contribution in [0, 0.1) is 6.92 Å². The molecule has 0 amide bonds. The normalized spacial score (nSPS) is 10.5. The number of aromatic nitrogens is 2. The van der Waals surface area contributed by atoms with Crippen molar-refractivity contribution < 1.29 is 9.84 Å². The van der Waals surface area contributed by atoms with Gasteiger partial charge in [0, 0.05) is 17.7 Å². The summed E-state index contributed by atoms with van der Waals surface area (Å²) in [7, 11) is 1.63. The van der Waals surface area contributed by atoms with E-state index in [0.717, 1.165) is 27.2 Å². The fourth-order valence-corrected chi connectivity index (χ4v) is 2.36. The van der Waals surface area contributed by atoms with Gasteiger partial charge in [-0.05, 0) is 47.1 Å². The van der Waals surface area contributed by atoms with E-state index in [9.17, 15) is 0 Å². The lowest BCUT2D eigenvalue weighted by Gasteiger charge is -2.08. The highest BCUT2D eigenvalue weighted by Gasteiger charge is 2.07. The molecule has 0 spiro atoms. The topological polar surface area (TPSA) is 55.2 Å². The van der Waals surface area contributed by atoms with Gasteiger partial charge in [0.25, 0.3) is 0 Å². The lowest BCUT2D eigenvalue weighted by molar-refractivity contribution is 0.296. The number of aryl methyl sites for hydroxylation is 1. The third-order valence-corrected chi connectivity index (χ3v) is 3.30. The molecule has 1 aromatic heterocycles. The first-order valence-electron chi connectivity index (χ1n) is 5.93. The molecular weight excluding hydrogens is 308 g/mol. The van der Waals surface area contributed by atoms with Crippen LogP contribution in [0.1, 0.15) is 11.5 Å². The molecule has 0 unspecified atom stereocenters. The van der Waals surface area contributed by atoms with Gasteiger partial charge in [0.15, 0.2) is 0 Å². The second-order valence-electron chi connectivity index (χ2n) is 4.13. The van der Waals surface area contributed by atoms with Gasteiger partial charge in [-0.3, -0.25) is 0 Å². The van der Waals surface area contributed by atoms with E-state index in [2.05, 4.69) is 25.9 Å². The number of aliphatic hydroxyl groups excluding tert-OH is 1. The number of ether oxygens (including phenoxy) is 1. The van der Waals surface area contributed by atoms with Gasteiger partial charge < -0.3 is 9.84 Å². The predicted octanol–water partition coefficient (Wildman–Crippen LogP) is 2.76. The minimum absolute atomic E-state index is 0.0508. The molecule has 1 aromatic carbocycles. The zero-order valence-electron chi connectivity index (χ0n) is 10.9. The Kier molecular flexibility index (Phi) is 4.50. The van der Waals surface area contributed by atoms with E-state index in [1.165, 1.54) is 0 Å². The molecule has 0 aliphatic rings.